The van der Waals surface area contributed by atoms with E-state index in [4.69, 9.17) is 12.2 Å². The van der Waals surface area contributed by atoms with E-state index in [-0.39, 0.29) is 17.9 Å². The first-order valence-corrected chi connectivity index (χ1v) is 5.18. The van der Waals surface area contributed by atoms with Gasteiger partial charge >= 0.3 is 10.5 Å². The van der Waals surface area contributed by atoms with Crippen LogP contribution in [0.1, 0.15) is 5.56 Å². The number of nitrogen functional groups attached to an aromatic ring is 1. The lowest BCUT2D eigenvalue weighted by Crippen LogP contribution is -2.02. The second-order valence-electron chi connectivity index (χ2n) is 2.77. The molecule has 1 aromatic carbocycles. The average Bonchev–Trinajstić information content (AvgIpc) is 1.99. The minimum atomic E-state index is -5.03. The lowest BCUT2D eigenvalue weighted by atomic mass is 10.1. The largest absolute Gasteiger partial charge is 0.488 e. The van der Waals surface area contributed by atoms with Crippen molar-refractivity contribution in [2.45, 2.75) is 6.42 Å². The number of benzene rings is 1. The molecule has 1 aromatic rings. The number of rotatable bonds is 3. The highest BCUT2D eigenvalue weighted by molar-refractivity contribution is 7.81. The van der Waals surface area contributed by atoms with Crippen LogP contribution in [0.5, 0.6) is 5.75 Å². The highest BCUT2D eigenvalue weighted by Gasteiger charge is 2.10. The number of halogens is 1. The summed E-state index contributed by atoms with van der Waals surface area (Å²) in [5.74, 6) is 2.16. The van der Waals surface area contributed by atoms with Crippen molar-refractivity contribution in [2.24, 2.45) is 0 Å². The maximum Gasteiger partial charge on any atom is 0.488 e. The predicted molar refractivity (Wildman–Crippen MR) is 54.0 cm³/mol. The van der Waals surface area contributed by atoms with Crippen LogP contribution in [0.15, 0.2) is 18.2 Å². The quantitative estimate of drug-likeness (QED) is 0.477. The van der Waals surface area contributed by atoms with Gasteiger partial charge in [-0.15, -0.1) is 12.3 Å². The summed E-state index contributed by atoms with van der Waals surface area (Å²) in [4.78, 5) is 0. The van der Waals surface area contributed by atoms with Gasteiger partial charge < -0.3 is 9.92 Å². The van der Waals surface area contributed by atoms with Gasteiger partial charge in [0.05, 0.1) is 0 Å². The van der Waals surface area contributed by atoms with Gasteiger partial charge in [0.1, 0.15) is 5.75 Å². The van der Waals surface area contributed by atoms with Gasteiger partial charge in [0.2, 0.25) is 0 Å². The minimum absolute atomic E-state index is 0.192. The molecule has 6 heteroatoms. The fraction of sp³-hybridized carbons (Fsp3) is 0.111. The molecule has 0 aliphatic rings. The molecule has 0 saturated heterocycles. The summed E-state index contributed by atoms with van der Waals surface area (Å²) in [6.45, 7) is 0. The van der Waals surface area contributed by atoms with Crippen LogP contribution in [0.2, 0.25) is 0 Å². The first-order valence-electron chi connectivity index (χ1n) is 3.87. The van der Waals surface area contributed by atoms with Gasteiger partial charge in [-0.2, -0.15) is 8.42 Å². The molecule has 80 valence electrons. The van der Waals surface area contributed by atoms with E-state index in [1.165, 1.54) is 12.1 Å². The Balaban J connectivity index is 3.05. The smallest absolute Gasteiger partial charge is 0.399 e. The molecule has 0 unspecified atom stereocenters. The predicted octanol–water partition coefficient (Wildman–Crippen LogP) is 1.04. The van der Waals surface area contributed by atoms with Crippen LogP contribution in [-0.2, 0) is 16.9 Å². The molecule has 15 heavy (non-hydrogen) atoms. The molecule has 0 fully saturated rings. The van der Waals surface area contributed by atoms with Crippen LogP contribution < -0.4 is 9.92 Å². The molecule has 1 rings (SSSR count). The van der Waals surface area contributed by atoms with Gasteiger partial charge in [0, 0.05) is 18.2 Å². The molecule has 2 N–H and O–H groups in total. The van der Waals surface area contributed by atoms with E-state index in [0.29, 0.717) is 5.56 Å². The van der Waals surface area contributed by atoms with Gasteiger partial charge in [0.25, 0.3) is 0 Å². The van der Waals surface area contributed by atoms with Crippen molar-refractivity contribution >= 4 is 16.2 Å². The zero-order valence-electron chi connectivity index (χ0n) is 7.60. The third kappa shape index (κ3) is 3.87. The highest BCUT2D eigenvalue weighted by Crippen LogP contribution is 2.21. The van der Waals surface area contributed by atoms with Gasteiger partial charge in [-0.05, 0) is 17.7 Å². The fourth-order valence-electron chi connectivity index (χ4n) is 1.07. The summed E-state index contributed by atoms with van der Waals surface area (Å²) in [5, 5.41) is 0. The second-order valence-corrected chi connectivity index (χ2v) is 3.72. The molecule has 0 bridgehead atoms. The third-order valence-corrected chi connectivity index (χ3v) is 1.88. The number of hydrogen-bond donors (Lipinski definition) is 1. The molecule has 4 nitrogen and oxygen atoms in total. The number of hydrogen-bond acceptors (Lipinski definition) is 4. The van der Waals surface area contributed by atoms with E-state index in [9.17, 15) is 12.3 Å². The van der Waals surface area contributed by atoms with Crippen LogP contribution in [-0.4, -0.2) is 8.42 Å². The van der Waals surface area contributed by atoms with Gasteiger partial charge in [0.15, 0.2) is 0 Å². The molecular weight excluding hydrogens is 221 g/mol. The highest BCUT2D eigenvalue weighted by atomic mass is 32.3. The van der Waals surface area contributed by atoms with Gasteiger partial charge in [-0.3, -0.25) is 0 Å². The summed E-state index contributed by atoms with van der Waals surface area (Å²) in [6.07, 6.45) is 5.32. The fourth-order valence-corrected chi connectivity index (χ4v) is 1.40. The molecule has 0 aromatic heterocycles. The number of terminal acetylenes is 1. The van der Waals surface area contributed by atoms with Crippen LogP contribution >= 0.6 is 0 Å². The summed E-state index contributed by atoms with van der Waals surface area (Å²) in [6, 6.07) is 4.06. The van der Waals surface area contributed by atoms with Crippen LogP contribution in [0, 0.1) is 12.3 Å². The summed E-state index contributed by atoms with van der Waals surface area (Å²) >= 11 is 0. The van der Waals surface area contributed by atoms with Crippen LogP contribution in [0.25, 0.3) is 0 Å². The Kier molecular flexibility index (Phi) is 3.17. The van der Waals surface area contributed by atoms with E-state index < -0.39 is 10.5 Å². The first-order chi connectivity index (χ1) is 6.90. The SMILES string of the molecule is C#CCc1cc(N)cc(OS(=O)(=O)F)c1. The van der Waals surface area contributed by atoms with Crippen molar-refractivity contribution in [3.8, 4) is 18.1 Å². The Hall–Kier alpha value is -1.74. The number of anilines is 1. The van der Waals surface area contributed by atoms with Crippen molar-refractivity contribution in [3.63, 3.8) is 0 Å². The van der Waals surface area contributed by atoms with Gasteiger partial charge in [-0.25, -0.2) is 0 Å². The molecule has 0 atom stereocenters. The molecular formula is C9H8FNO3S. The Bertz CT molecular complexity index is 505. The molecule has 0 radical (unpaired) electrons. The summed E-state index contributed by atoms with van der Waals surface area (Å²) in [5.41, 5.74) is 6.27. The molecule has 0 spiro atoms. The Labute approximate surface area is 87.3 Å². The molecule has 0 aliphatic heterocycles. The lowest BCUT2D eigenvalue weighted by molar-refractivity contribution is 0.440. The first kappa shape index (κ1) is 11.3. The van der Waals surface area contributed by atoms with E-state index in [1.807, 2.05) is 0 Å². The Morgan fingerprint density at radius 3 is 2.67 bits per heavy atom. The second kappa shape index (κ2) is 4.19. The van der Waals surface area contributed by atoms with E-state index in [2.05, 4.69) is 10.1 Å². The van der Waals surface area contributed by atoms with Crippen molar-refractivity contribution in [1.29, 1.82) is 0 Å². The van der Waals surface area contributed by atoms with Crippen LogP contribution in [0.3, 0.4) is 0 Å². The monoisotopic (exact) mass is 229 g/mol. The van der Waals surface area contributed by atoms with Crippen LogP contribution in [0.4, 0.5) is 9.57 Å². The molecule has 0 aliphatic carbocycles. The topological polar surface area (TPSA) is 69.4 Å². The number of nitrogens with two attached hydrogens (primary N) is 1. The average molecular weight is 229 g/mol. The zero-order valence-corrected chi connectivity index (χ0v) is 8.42. The maximum absolute atomic E-state index is 12.2. The van der Waals surface area contributed by atoms with E-state index >= 15 is 0 Å². The normalized spacial score (nSPS) is 10.7. The van der Waals surface area contributed by atoms with E-state index in [0.717, 1.165) is 0 Å². The maximum atomic E-state index is 12.2. The standard InChI is InChI=1S/C9H8FNO3S/c1-2-3-7-4-8(11)6-9(5-7)14-15(10,12)13/h1,4-6H,3,11H2. The Morgan fingerprint density at radius 2 is 2.13 bits per heavy atom. The van der Waals surface area contributed by atoms with Crippen molar-refractivity contribution in [3.05, 3.63) is 23.8 Å². The van der Waals surface area contributed by atoms with Gasteiger partial charge in [-0.1, -0.05) is 3.89 Å². The van der Waals surface area contributed by atoms with Crippen molar-refractivity contribution < 1.29 is 16.5 Å². The molecule has 0 saturated carbocycles. The summed E-state index contributed by atoms with van der Waals surface area (Å²) < 4.78 is 36.6. The third-order valence-electron chi connectivity index (χ3n) is 1.49. The molecule has 0 amide bonds. The van der Waals surface area contributed by atoms with E-state index in [1.54, 1.807) is 6.07 Å². The minimum Gasteiger partial charge on any atom is -0.399 e. The Morgan fingerprint density at radius 1 is 1.47 bits per heavy atom. The summed E-state index contributed by atoms with van der Waals surface area (Å²) in [7, 11) is -5.03. The molecule has 0 heterocycles. The van der Waals surface area contributed by atoms with Crippen molar-refractivity contribution in [2.75, 3.05) is 5.73 Å². The zero-order chi connectivity index (χ0) is 11.5. The lowest BCUT2D eigenvalue weighted by Gasteiger charge is -2.04. The van der Waals surface area contributed by atoms with Crippen molar-refractivity contribution in [1.82, 2.24) is 0 Å².